The molecule has 2 aromatic carbocycles. The molecule has 0 aromatic heterocycles. The lowest BCUT2D eigenvalue weighted by molar-refractivity contribution is 0.477. The van der Waals surface area contributed by atoms with Gasteiger partial charge in [-0.05, 0) is 61.6 Å². The Bertz CT molecular complexity index is 568. The van der Waals surface area contributed by atoms with E-state index in [1.165, 1.54) is 16.7 Å². The van der Waals surface area contributed by atoms with Crippen LogP contribution in [0.15, 0.2) is 30.3 Å². The summed E-state index contributed by atoms with van der Waals surface area (Å²) in [5.41, 5.74) is 6.93. The number of phenolic OH excluding ortho intramolecular Hbond substituents is 1. The highest BCUT2D eigenvalue weighted by Gasteiger charge is 2.09. The number of benzene rings is 2. The molecule has 2 aromatic rings. The summed E-state index contributed by atoms with van der Waals surface area (Å²) in [5, 5.41) is 10.0. The molecule has 0 atom stereocenters. The van der Waals surface area contributed by atoms with Crippen molar-refractivity contribution in [3.05, 3.63) is 52.6 Å². The van der Waals surface area contributed by atoms with Crippen LogP contribution < -0.4 is 0 Å². The molecular weight excluding hydrogens is 208 g/mol. The van der Waals surface area contributed by atoms with Crippen LogP contribution in [0.5, 0.6) is 5.75 Å². The Morgan fingerprint density at radius 1 is 0.765 bits per heavy atom. The monoisotopic (exact) mass is 226 g/mol. The lowest BCUT2D eigenvalue weighted by Crippen LogP contribution is -1.91. The fraction of sp³-hybridized carbons (Fsp3) is 0.250. The topological polar surface area (TPSA) is 20.2 Å². The van der Waals surface area contributed by atoms with Crippen LogP contribution in [-0.4, -0.2) is 5.11 Å². The SMILES string of the molecule is Cc1ccc(-c2ccc(C)c(C)c2C)c(O)c1. The van der Waals surface area contributed by atoms with E-state index in [0.717, 1.165) is 16.7 Å². The minimum atomic E-state index is 0.358. The van der Waals surface area contributed by atoms with Crippen molar-refractivity contribution in [2.75, 3.05) is 0 Å². The highest BCUT2D eigenvalue weighted by Crippen LogP contribution is 2.33. The van der Waals surface area contributed by atoms with Crippen molar-refractivity contribution < 1.29 is 5.11 Å². The molecule has 0 amide bonds. The Morgan fingerprint density at radius 2 is 1.41 bits per heavy atom. The molecule has 0 saturated heterocycles. The molecule has 0 aliphatic heterocycles. The standard InChI is InChI=1S/C16H18O/c1-10-5-7-15(16(17)9-10)14-8-6-11(2)12(3)13(14)4/h5-9,17H,1-4H3. The lowest BCUT2D eigenvalue weighted by atomic mass is 9.93. The number of aromatic hydroxyl groups is 1. The second-order valence-electron chi connectivity index (χ2n) is 4.70. The average Bonchev–Trinajstić information content (AvgIpc) is 2.28. The van der Waals surface area contributed by atoms with E-state index < -0.39 is 0 Å². The van der Waals surface area contributed by atoms with E-state index >= 15 is 0 Å². The number of phenols is 1. The van der Waals surface area contributed by atoms with Gasteiger partial charge < -0.3 is 5.11 Å². The van der Waals surface area contributed by atoms with Crippen molar-refractivity contribution in [3.8, 4) is 16.9 Å². The Morgan fingerprint density at radius 3 is 2.06 bits per heavy atom. The summed E-state index contributed by atoms with van der Waals surface area (Å²) in [6, 6.07) is 10.0. The van der Waals surface area contributed by atoms with E-state index in [4.69, 9.17) is 0 Å². The summed E-state index contributed by atoms with van der Waals surface area (Å²) < 4.78 is 0. The summed E-state index contributed by atoms with van der Waals surface area (Å²) in [4.78, 5) is 0. The fourth-order valence-corrected chi connectivity index (χ4v) is 2.12. The minimum absolute atomic E-state index is 0.358. The molecule has 2 rings (SSSR count). The van der Waals surface area contributed by atoms with Gasteiger partial charge in [0.1, 0.15) is 5.75 Å². The van der Waals surface area contributed by atoms with Crippen LogP contribution in [0, 0.1) is 27.7 Å². The molecule has 0 fully saturated rings. The molecule has 0 radical (unpaired) electrons. The molecule has 88 valence electrons. The van der Waals surface area contributed by atoms with Gasteiger partial charge in [0.25, 0.3) is 0 Å². The van der Waals surface area contributed by atoms with Crippen molar-refractivity contribution in [3.63, 3.8) is 0 Å². The summed E-state index contributed by atoms with van der Waals surface area (Å²) in [5.74, 6) is 0.358. The van der Waals surface area contributed by atoms with Gasteiger partial charge in [-0.15, -0.1) is 0 Å². The first-order valence-corrected chi connectivity index (χ1v) is 5.87. The largest absolute Gasteiger partial charge is 0.507 e. The van der Waals surface area contributed by atoms with Gasteiger partial charge in [0.15, 0.2) is 0 Å². The molecule has 0 unspecified atom stereocenters. The van der Waals surface area contributed by atoms with Gasteiger partial charge >= 0.3 is 0 Å². The molecule has 17 heavy (non-hydrogen) atoms. The molecule has 0 aliphatic carbocycles. The van der Waals surface area contributed by atoms with Crippen LogP contribution in [0.1, 0.15) is 22.3 Å². The van der Waals surface area contributed by atoms with Crippen molar-refractivity contribution in [1.82, 2.24) is 0 Å². The molecule has 0 bridgehead atoms. The highest BCUT2D eigenvalue weighted by molar-refractivity contribution is 5.74. The van der Waals surface area contributed by atoms with Gasteiger partial charge in [0, 0.05) is 5.56 Å². The van der Waals surface area contributed by atoms with E-state index in [1.807, 2.05) is 25.1 Å². The molecular formula is C16H18O. The summed E-state index contributed by atoms with van der Waals surface area (Å²) in [6.07, 6.45) is 0. The van der Waals surface area contributed by atoms with E-state index in [-0.39, 0.29) is 0 Å². The number of hydrogen-bond donors (Lipinski definition) is 1. The Balaban J connectivity index is 2.65. The third-order valence-corrected chi connectivity index (χ3v) is 3.50. The minimum Gasteiger partial charge on any atom is -0.507 e. The van der Waals surface area contributed by atoms with Crippen LogP contribution in [0.3, 0.4) is 0 Å². The van der Waals surface area contributed by atoms with Gasteiger partial charge in [-0.2, -0.15) is 0 Å². The first kappa shape index (κ1) is 11.7. The number of hydrogen-bond acceptors (Lipinski definition) is 1. The van der Waals surface area contributed by atoms with Crippen LogP contribution >= 0.6 is 0 Å². The Hall–Kier alpha value is -1.76. The van der Waals surface area contributed by atoms with Crippen molar-refractivity contribution in [2.45, 2.75) is 27.7 Å². The van der Waals surface area contributed by atoms with Gasteiger partial charge in [-0.25, -0.2) is 0 Å². The van der Waals surface area contributed by atoms with Crippen LogP contribution in [0.2, 0.25) is 0 Å². The first-order valence-electron chi connectivity index (χ1n) is 5.87. The molecule has 0 spiro atoms. The maximum absolute atomic E-state index is 10.0. The third-order valence-electron chi connectivity index (χ3n) is 3.50. The molecule has 1 heteroatoms. The zero-order valence-corrected chi connectivity index (χ0v) is 10.8. The maximum atomic E-state index is 10.0. The summed E-state index contributed by atoms with van der Waals surface area (Å²) in [6.45, 7) is 8.33. The predicted octanol–water partition coefficient (Wildman–Crippen LogP) is 4.29. The second kappa shape index (κ2) is 4.25. The van der Waals surface area contributed by atoms with Gasteiger partial charge in [0.2, 0.25) is 0 Å². The van der Waals surface area contributed by atoms with Crippen LogP contribution in [0.25, 0.3) is 11.1 Å². The van der Waals surface area contributed by atoms with E-state index in [2.05, 4.69) is 32.9 Å². The molecule has 0 heterocycles. The zero-order chi connectivity index (χ0) is 12.6. The van der Waals surface area contributed by atoms with Crippen molar-refractivity contribution >= 4 is 0 Å². The second-order valence-corrected chi connectivity index (χ2v) is 4.70. The summed E-state index contributed by atoms with van der Waals surface area (Å²) in [7, 11) is 0. The molecule has 0 saturated carbocycles. The van der Waals surface area contributed by atoms with Crippen LogP contribution in [0.4, 0.5) is 0 Å². The molecule has 0 aliphatic rings. The van der Waals surface area contributed by atoms with E-state index in [0.29, 0.717) is 5.75 Å². The van der Waals surface area contributed by atoms with E-state index in [9.17, 15) is 5.11 Å². The van der Waals surface area contributed by atoms with Gasteiger partial charge in [-0.1, -0.05) is 24.3 Å². The normalized spacial score (nSPS) is 10.6. The maximum Gasteiger partial charge on any atom is 0.123 e. The molecule has 1 nitrogen and oxygen atoms in total. The number of rotatable bonds is 1. The van der Waals surface area contributed by atoms with Crippen molar-refractivity contribution in [2.24, 2.45) is 0 Å². The first-order chi connectivity index (χ1) is 8.00. The van der Waals surface area contributed by atoms with Gasteiger partial charge in [0.05, 0.1) is 0 Å². The molecule has 1 N–H and O–H groups in total. The third kappa shape index (κ3) is 2.05. The van der Waals surface area contributed by atoms with Crippen LogP contribution in [-0.2, 0) is 0 Å². The number of aryl methyl sites for hydroxylation is 2. The fourth-order valence-electron chi connectivity index (χ4n) is 2.12. The smallest absolute Gasteiger partial charge is 0.123 e. The Labute approximate surface area is 103 Å². The van der Waals surface area contributed by atoms with Gasteiger partial charge in [-0.3, -0.25) is 0 Å². The predicted molar refractivity (Wildman–Crippen MR) is 72.5 cm³/mol. The summed E-state index contributed by atoms with van der Waals surface area (Å²) >= 11 is 0. The quantitative estimate of drug-likeness (QED) is 0.769. The Kier molecular flexibility index (Phi) is 2.93. The zero-order valence-electron chi connectivity index (χ0n) is 10.8. The lowest BCUT2D eigenvalue weighted by Gasteiger charge is -2.13. The van der Waals surface area contributed by atoms with Crippen molar-refractivity contribution in [1.29, 1.82) is 0 Å². The highest BCUT2D eigenvalue weighted by atomic mass is 16.3. The van der Waals surface area contributed by atoms with E-state index in [1.54, 1.807) is 0 Å². The average molecular weight is 226 g/mol.